The predicted octanol–water partition coefficient (Wildman–Crippen LogP) is 2.90. The standard InChI is InChI=1S/C26H29N3O3/c1-32-24-12-5-3-8-20(24)13-14-27-25(30)17-23-26(31)28-15-16-29(23)18-21-10-6-9-19-7-2-4-11-22(19)21/h2-12,23H,13-18H2,1H3,(H,27,30)(H,28,31). The second-order valence-electron chi connectivity index (χ2n) is 8.03. The van der Waals surface area contributed by atoms with Crippen LogP contribution in [-0.2, 0) is 22.6 Å². The first-order valence-corrected chi connectivity index (χ1v) is 11.0. The van der Waals surface area contributed by atoms with Gasteiger partial charge in [-0.15, -0.1) is 0 Å². The van der Waals surface area contributed by atoms with Gasteiger partial charge >= 0.3 is 0 Å². The topological polar surface area (TPSA) is 70.7 Å². The first kappa shape index (κ1) is 21.8. The second-order valence-corrected chi connectivity index (χ2v) is 8.03. The lowest BCUT2D eigenvalue weighted by atomic mass is 10.0. The second kappa shape index (κ2) is 10.3. The molecule has 2 amide bonds. The van der Waals surface area contributed by atoms with Crippen LogP contribution in [-0.4, -0.2) is 49.5 Å². The van der Waals surface area contributed by atoms with Crippen molar-refractivity contribution in [3.63, 3.8) is 0 Å². The Morgan fingerprint density at radius 1 is 1.06 bits per heavy atom. The molecule has 32 heavy (non-hydrogen) atoms. The summed E-state index contributed by atoms with van der Waals surface area (Å²) in [4.78, 5) is 27.4. The van der Waals surface area contributed by atoms with Crippen LogP contribution in [0.4, 0.5) is 0 Å². The first-order chi connectivity index (χ1) is 15.7. The zero-order valence-corrected chi connectivity index (χ0v) is 18.3. The van der Waals surface area contributed by atoms with E-state index in [1.54, 1.807) is 7.11 Å². The van der Waals surface area contributed by atoms with Gasteiger partial charge in [-0.05, 0) is 34.4 Å². The van der Waals surface area contributed by atoms with Crippen LogP contribution < -0.4 is 15.4 Å². The van der Waals surface area contributed by atoms with Crippen LogP contribution in [0.3, 0.4) is 0 Å². The Balaban J connectivity index is 1.39. The van der Waals surface area contributed by atoms with E-state index in [0.717, 1.165) is 11.3 Å². The highest BCUT2D eigenvalue weighted by molar-refractivity contribution is 5.89. The predicted molar refractivity (Wildman–Crippen MR) is 125 cm³/mol. The molecule has 166 valence electrons. The Labute approximate surface area is 188 Å². The monoisotopic (exact) mass is 431 g/mol. The van der Waals surface area contributed by atoms with Crippen molar-refractivity contribution < 1.29 is 14.3 Å². The van der Waals surface area contributed by atoms with Crippen molar-refractivity contribution in [2.45, 2.75) is 25.4 Å². The molecule has 6 nitrogen and oxygen atoms in total. The van der Waals surface area contributed by atoms with E-state index in [1.807, 2.05) is 42.5 Å². The minimum Gasteiger partial charge on any atom is -0.496 e. The molecule has 0 bridgehead atoms. The van der Waals surface area contributed by atoms with Crippen LogP contribution in [0.5, 0.6) is 5.75 Å². The molecular weight excluding hydrogens is 402 g/mol. The molecule has 3 aromatic carbocycles. The highest BCUT2D eigenvalue weighted by atomic mass is 16.5. The van der Waals surface area contributed by atoms with Crippen LogP contribution in [0.1, 0.15) is 17.5 Å². The maximum atomic E-state index is 12.7. The minimum atomic E-state index is -0.478. The van der Waals surface area contributed by atoms with Gasteiger partial charge in [-0.25, -0.2) is 0 Å². The van der Waals surface area contributed by atoms with E-state index >= 15 is 0 Å². The Hall–Kier alpha value is -3.38. The third kappa shape index (κ3) is 5.08. The van der Waals surface area contributed by atoms with Crippen LogP contribution in [0.15, 0.2) is 66.7 Å². The molecule has 0 aromatic heterocycles. The van der Waals surface area contributed by atoms with Gasteiger partial charge in [0.05, 0.1) is 19.6 Å². The molecule has 0 radical (unpaired) electrons. The van der Waals surface area contributed by atoms with Crippen molar-refractivity contribution in [1.29, 1.82) is 0 Å². The van der Waals surface area contributed by atoms with Crippen LogP contribution >= 0.6 is 0 Å². The van der Waals surface area contributed by atoms with Crippen molar-refractivity contribution in [3.8, 4) is 5.75 Å². The van der Waals surface area contributed by atoms with E-state index in [1.165, 1.54) is 16.3 Å². The largest absolute Gasteiger partial charge is 0.496 e. The van der Waals surface area contributed by atoms with Gasteiger partial charge < -0.3 is 15.4 Å². The number of fused-ring (bicyclic) bond motifs is 1. The summed E-state index contributed by atoms with van der Waals surface area (Å²) in [5, 5.41) is 8.23. The number of amides is 2. The highest BCUT2D eigenvalue weighted by Gasteiger charge is 2.31. The van der Waals surface area contributed by atoms with E-state index in [-0.39, 0.29) is 18.2 Å². The molecule has 1 heterocycles. The average Bonchev–Trinajstić information content (AvgIpc) is 2.82. The van der Waals surface area contributed by atoms with E-state index in [9.17, 15) is 9.59 Å². The summed E-state index contributed by atoms with van der Waals surface area (Å²) in [5.74, 6) is 0.607. The molecule has 4 rings (SSSR count). The molecule has 1 aliphatic heterocycles. The zero-order chi connectivity index (χ0) is 22.3. The van der Waals surface area contributed by atoms with Gasteiger partial charge in [0, 0.05) is 26.2 Å². The van der Waals surface area contributed by atoms with E-state index in [0.29, 0.717) is 32.6 Å². The first-order valence-electron chi connectivity index (χ1n) is 11.0. The number of benzene rings is 3. The number of carbonyl (C=O) groups excluding carboxylic acids is 2. The number of hydrogen-bond acceptors (Lipinski definition) is 4. The summed E-state index contributed by atoms with van der Waals surface area (Å²) in [6.07, 6.45) is 0.814. The number of nitrogens with zero attached hydrogens (tertiary/aromatic N) is 1. The molecular formula is C26H29N3O3. The fraction of sp³-hybridized carbons (Fsp3) is 0.308. The third-order valence-corrected chi connectivity index (χ3v) is 5.98. The van der Waals surface area contributed by atoms with Gasteiger partial charge in [0.1, 0.15) is 5.75 Å². The normalized spacial score (nSPS) is 16.5. The molecule has 0 saturated carbocycles. The van der Waals surface area contributed by atoms with Gasteiger partial charge in [0.15, 0.2) is 0 Å². The summed E-state index contributed by atoms with van der Waals surface area (Å²) in [5.41, 5.74) is 2.21. The van der Waals surface area contributed by atoms with E-state index in [2.05, 4.69) is 39.8 Å². The fourth-order valence-corrected chi connectivity index (χ4v) is 4.32. The van der Waals surface area contributed by atoms with Gasteiger partial charge in [0.25, 0.3) is 0 Å². The lowest BCUT2D eigenvalue weighted by molar-refractivity contribution is -0.134. The number of nitrogens with one attached hydrogen (secondary N) is 2. The average molecular weight is 432 g/mol. The molecule has 1 aliphatic rings. The molecule has 6 heteroatoms. The van der Waals surface area contributed by atoms with Crippen molar-refractivity contribution >= 4 is 22.6 Å². The number of carbonyl (C=O) groups is 2. The van der Waals surface area contributed by atoms with Crippen LogP contribution in [0.25, 0.3) is 10.8 Å². The van der Waals surface area contributed by atoms with Crippen molar-refractivity contribution in [2.75, 3.05) is 26.7 Å². The van der Waals surface area contributed by atoms with Gasteiger partial charge in [-0.3, -0.25) is 14.5 Å². The number of ether oxygens (including phenoxy) is 1. The number of para-hydroxylation sites is 1. The van der Waals surface area contributed by atoms with Crippen LogP contribution in [0, 0.1) is 0 Å². The number of rotatable bonds is 8. The molecule has 1 fully saturated rings. The Morgan fingerprint density at radius 3 is 2.69 bits per heavy atom. The van der Waals surface area contributed by atoms with Crippen LogP contribution in [0.2, 0.25) is 0 Å². The van der Waals surface area contributed by atoms with Gasteiger partial charge in [0.2, 0.25) is 11.8 Å². The van der Waals surface area contributed by atoms with Crippen molar-refractivity contribution in [1.82, 2.24) is 15.5 Å². The van der Waals surface area contributed by atoms with Crippen molar-refractivity contribution in [2.24, 2.45) is 0 Å². The summed E-state index contributed by atoms with van der Waals surface area (Å²) in [6.45, 7) is 2.44. The molecule has 3 aromatic rings. The van der Waals surface area contributed by atoms with Gasteiger partial charge in [-0.2, -0.15) is 0 Å². The van der Waals surface area contributed by atoms with E-state index < -0.39 is 6.04 Å². The molecule has 1 atom stereocenters. The quantitative estimate of drug-likeness (QED) is 0.575. The minimum absolute atomic E-state index is 0.0867. The fourth-order valence-electron chi connectivity index (χ4n) is 4.32. The summed E-state index contributed by atoms with van der Waals surface area (Å²) in [6, 6.07) is 21.8. The molecule has 2 N–H and O–H groups in total. The number of methoxy groups -OCH3 is 1. The van der Waals surface area contributed by atoms with E-state index in [4.69, 9.17) is 4.74 Å². The molecule has 0 spiro atoms. The maximum Gasteiger partial charge on any atom is 0.237 e. The SMILES string of the molecule is COc1ccccc1CCNC(=O)CC1C(=O)NCCN1Cc1cccc2ccccc12. The highest BCUT2D eigenvalue weighted by Crippen LogP contribution is 2.22. The third-order valence-electron chi connectivity index (χ3n) is 5.98. The Morgan fingerprint density at radius 2 is 1.81 bits per heavy atom. The lowest BCUT2D eigenvalue weighted by Crippen LogP contribution is -2.56. The maximum absolute atomic E-state index is 12.7. The van der Waals surface area contributed by atoms with Gasteiger partial charge in [-0.1, -0.05) is 60.7 Å². The summed E-state index contributed by atoms with van der Waals surface area (Å²) >= 11 is 0. The molecule has 1 unspecified atom stereocenters. The molecule has 1 saturated heterocycles. The smallest absolute Gasteiger partial charge is 0.237 e. The Bertz CT molecular complexity index is 1090. The lowest BCUT2D eigenvalue weighted by Gasteiger charge is -2.35. The number of hydrogen-bond donors (Lipinski definition) is 2. The zero-order valence-electron chi connectivity index (χ0n) is 18.3. The van der Waals surface area contributed by atoms with Crippen molar-refractivity contribution in [3.05, 3.63) is 77.9 Å². The summed E-state index contributed by atoms with van der Waals surface area (Å²) < 4.78 is 5.37. The summed E-state index contributed by atoms with van der Waals surface area (Å²) in [7, 11) is 1.64. The molecule has 0 aliphatic carbocycles. The number of piperazine rings is 1. The Kier molecular flexibility index (Phi) is 7.02.